The Balaban J connectivity index is 1.27. The molecule has 0 saturated carbocycles. The maximum atomic E-state index is 4.38. The van der Waals surface area contributed by atoms with Gasteiger partial charge in [0.15, 0.2) is 0 Å². The third-order valence-corrected chi connectivity index (χ3v) is 5.51. The smallest absolute Gasteiger partial charge is 0.225 e. The second-order valence-electron chi connectivity index (χ2n) is 7.18. The zero-order valence-corrected chi connectivity index (χ0v) is 14.4. The summed E-state index contributed by atoms with van der Waals surface area (Å²) in [6.45, 7) is 5.69. The summed E-state index contributed by atoms with van der Waals surface area (Å²) >= 11 is 0. The molecule has 128 valence electrons. The van der Waals surface area contributed by atoms with E-state index in [9.17, 15) is 0 Å². The van der Waals surface area contributed by atoms with E-state index in [0.717, 1.165) is 37.4 Å². The average molecular weight is 326 g/mol. The summed E-state index contributed by atoms with van der Waals surface area (Å²) in [6, 6.07) is 1.88. The van der Waals surface area contributed by atoms with Gasteiger partial charge in [-0.15, -0.1) is 0 Å². The van der Waals surface area contributed by atoms with E-state index in [1.165, 1.54) is 37.9 Å². The van der Waals surface area contributed by atoms with Crippen LogP contribution in [0.4, 0.5) is 5.95 Å². The second kappa shape index (κ2) is 6.89. The average Bonchev–Trinajstić information content (AvgIpc) is 3.25. The third-order valence-electron chi connectivity index (χ3n) is 5.51. The number of hydrogen-bond acceptors (Lipinski definition) is 5. The molecule has 0 aromatic carbocycles. The first-order chi connectivity index (χ1) is 11.8. The molecule has 6 nitrogen and oxygen atoms in total. The molecular weight excluding hydrogens is 300 g/mol. The number of hydrogen-bond donors (Lipinski definition) is 0. The van der Waals surface area contributed by atoms with Crippen LogP contribution in [0.15, 0.2) is 30.9 Å². The van der Waals surface area contributed by atoms with Crippen LogP contribution in [0.3, 0.4) is 0 Å². The van der Waals surface area contributed by atoms with Crippen LogP contribution in [0.1, 0.15) is 24.8 Å². The molecule has 0 aliphatic carbocycles. The second-order valence-corrected chi connectivity index (χ2v) is 7.18. The topological polar surface area (TPSA) is 50.1 Å². The fraction of sp³-hybridized carbons (Fsp3) is 0.611. The molecule has 24 heavy (non-hydrogen) atoms. The lowest BCUT2D eigenvalue weighted by atomic mass is 9.84. The van der Waals surface area contributed by atoms with Gasteiger partial charge in [0.1, 0.15) is 0 Å². The molecule has 0 amide bonds. The Kier molecular flexibility index (Phi) is 4.47. The van der Waals surface area contributed by atoms with E-state index >= 15 is 0 Å². The number of likely N-dealkylation sites (tertiary alicyclic amines) is 1. The predicted molar refractivity (Wildman–Crippen MR) is 93.6 cm³/mol. The van der Waals surface area contributed by atoms with Gasteiger partial charge < -0.3 is 4.90 Å². The molecule has 6 heteroatoms. The molecule has 1 unspecified atom stereocenters. The third kappa shape index (κ3) is 3.43. The Bertz CT molecular complexity index is 647. The number of piperidine rings is 1. The van der Waals surface area contributed by atoms with Gasteiger partial charge in [-0.05, 0) is 43.7 Å². The SMILES string of the molecule is Cn1cc(CN2CCC(C3CCN(c4ncccn4)CC3)C2)cn1. The summed E-state index contributed by atoms with van der Waals surface area (Å²) in [6.07, 6.45) is 11.7. The fourth-order valence-corrected chi connectivity index (χ4v) is 4.23. The normalized spacial score (nSPS) is 23.0. The summed E-state index contributed by atoms with van der Waals surface area (Å²) in [7, 11) is 1.99. The van der Waals surface area contributed by atoms with E-state index in [-0.39, 0.29) is 0 Å². The van der Waals surface area contributed by atoms with Gasteiger partial charge in [0, 0.05) is 57.4 Å². The quantitative estimate of drug-likeness (QED) is 0.859. The van der Waals surface area contributed by atoms with Crippen LogP contribution in [0, 0.1) is 11.8 Å². The van der Waals surface area contributed by atoms with Crippen LogP contribution >= 0.6 is 0 Å². The maximum Gasteiger partial charge on any atom is 0.225 e. The molecular formula is C18H26N6. The molecule has 0 N–H and O–H groups in total. The molecule has 2 aromatic heterocycles. The van der Waals surface area contributed by atoms with E-state index in [0.29, 0.717) is 0 Å². The minimum atomic E-state index is 0.848. The van der Waals surface area contributed by atoms with E-state index in [2.05, 4.69) is 31.1 Å². The number of aryl methyl sites for hydroxylation is 1. The van der Waals surface area contributed by atoms with Crippen molar-refractivity contribution in [2.45, 2.75) is 25.8 Å². The minimum absolute atomic E-state index is 0.848. The summed E-state index contributed by atoms with van der Waals surface area (Å²) in [5, 5.41) is 4.28. The lowest BCUT2D eigenvalue weighted by molar-refractivity contribution is 0.252. The molecule has 0 bridgehead atoms. The highest BCUT2D eigenvalue weighted by Gasteiger charge is 2.32. The van der Waals surface area contributed by atoms with Crippen molar-refractivity contribution < 1.29 is 0 Å². The Morgan fingerprint density at radius 2 is 1.79 bits per heavy atom. The summed E-state index contributed by atoms with van der Waals surface area (Å²) in [4.78, 5) is 13.7. The highest BCUT2D eigenvalue weighted by atomic mass is 15.3. The number of aromatic nitrogens is 4. The van der Waals surface area contributed by atoms with Gasteiger partial charge in [0.25, 0.3) is 0 Å². The minimum Gasteiger partial charge on any atom is -0.341 e. The lowest BCUT2D eigenvalue weighted by Gasteiger charge is -2.34. The van der Waals surface area contributed by atoms with Crippen molar-refractivity contribution in [3.05, 3.63) is 36.4 Å². The highest BCUT2D eigenvalue weighted by Crippen LogP contribution is 2.33. The first-order valence-corrected chi connectivity index (χ1v) is 9.00. The lowest BCUT2D eigenvalue weighted by Crippen LogP contribution is -2.37. The zero-order chi connectivity index (χ0) is 16.4. The Labute approximate surface area is 143 Å². The molecule has 4 rings (SSSR count). The zero-order valence-electron chi connectivity index (χ0n) is 14.4. The highest BCUT2D eigenvalue weighted by molar-refractivity contribution is 5.28. The molecule has 4 heterocycles. The first-order valence-electron chi connectivity index (χ1n) is 9.00. The number of anilines is 1. The van der Waals surface area contributed by atoms with Gasteiger partial charge in [0.05, 0.1) is 6.20 Å². The molecule has 2 fully saturated rings. The molecule has 1 atom stereocenters. The van der Waals surface area contributed by atoms with Gasteiger partial charge in [-0.25, -0.2) is 9.97 Å². The van der Waals surface area contributed by atoms with Crippen LogP contribution < -0.4 is 4.90 Å². The van der Waals surface area contributed by atoms with Gasteiger partial charge >= 0.3 is 0 Å². The molecule has 2 saturated heterocycles. The molecule has 2 aliphatic rings. The van der Waals surface area contributed by atoms with Crippen molar-refractivity contribution in [2.75, 3.05) is 31.1 Å². The summed E-state index contributed by atoms with van der Waals surface area (Å²) in [5.74, 6) is 2.59. The van der Waals surface area contributed by atoms with Crippen molar-refractivity contribution in [1.29, 1.82) is 0 Å². The summed E-state index contributed by atoms with van der Waals surface area (Å²) in [5.41, 5.74) is 1.33. The number of nitrogens with zero attached hydrogens (tertiary/aromatic N) is 6. The number of rotatable bonds is 4. The van der Waals surface area contributed by atoms with E-state index in [4.69, 9.17) is 0 Å². The van der Waals surface area contributed by atoms with E-state index in [1.807, 2.05) is 36.4 Å². The molecule has 2 aromatic rings. The molecule has 2 aliphatic heterocycles. The largest absolute Gasteiger partial charge is 0.341 e. The molecule has 0 spiro atoms. The van der Waals surface area contributed by atoms with Crippen LogP contribution in [-0.4, -0.2) is 50.8 Å². The standard InChI is InChI=1S/C18H26N6/c1-22-12-15(11-21-22)13-23-8-3-17(14-23)16-4-9-24(10-5-16)18-19-6-2-7-20-18/h2,6-7,11-12,16-17H,3-5,8-10,13-14H2,1H3. The van der Waals surface area contributed by atoms with E-state index in [1.54, 1.807) is 0 Å². The Morgan fingerprint density at radius 1 is 1.04 bits per heavy atom. The van der Waals surface area contributed by atoms with Crippen molar-refractivity contribution >= 4 is 5.95 Å². The van der Waals surface area contributed by atoms with Crippen LogP contribution in [0.5, 0.6) is 0 Å². The first kappa shape index (κ1) is 15.6. The Morgan fingerprint density at radius 3 is 2.50 bits per heavy atom. The van der Waals surface area contributed by atoms with Gasteiger partial charge in [-0.2, -0.15) is 5.10 Å². The molecule has 0 radical (unpaired) electrons. The van der Waals surface area contributed by atoms with Crippen molar-refractivity contribution in [2.24, 2.45) is 18.9 Å². The fourth-order valence-electron chi connectivity index (χ4n) is 4.23. The van der Waals surface area contributed by atoms with Crippen LogP contribution in [-0.2, 0) is 13.6 Å². The maximum absolute atomic E-state index is 4.38. The van der Waals surface area contributed by atoms with Crippen molar-refractivity contribution in [3.8, 4) is 0 Å². The van der Waals surface area contributed by atoms with Crippen molar-refractivity contribution in [1.82, 2.24) is 24.6 Å². The van der Waals surface area contributed by atoms with E-state index < -0.39 is 0 Å². The van der Waals surface area contributed by atoms with Crippen molar-refractivity contribution in [3.63, 3.8) is 0 Å². The van der Waals surface area contributed by atoms with Gasteiger partial charge in [-0.1, -0.05) is 0 Å². The van der Waals surface area contributed by atoms with Crippen LogP contribution in [0.25, 0.3) is 0 Å². The van der Waals surface area contributed by atoms with Gasteiger partial charge in [0.2, 0.25) is 5.95 Å². The monoisotopic (exact) mass is 326 g/mol. The summed E-state index contributed by atoms with van der Waals surface area (Å²) < 4.78 is 1.89. The Hall–Kier alpha value is -1.95. The van der Waals surface area contributed by atoms with Crippen LogP contribution in [0.2, 0.25) is 0 Å². The predicted octanol–water partition coefficient (Wildman–Crippen LogP) is 1.95. The van der Waals surface area contributed by atoms with Gasteiger partial charge in [-0.3, -0.25) is 9.58 Å².